The van der Waals surface area contributed by atoms with Crippen LogP contribution in [0.2, 0.25) is 0 Å². The van der Waals surface area contributed by atoms with Crippen LogP contribution in [-0.4, -0.2) is 12.5 Å². The third-order valence-corrected chi connectivity index (χ3v) is 1.75. The molecule has 0 bridgehead atoms. The minimum atomic E-state index is -0.179. The monoisotopic (exact) mass is 182 g/mol. The zero-order valence-corrected chi connectivity index (χ0v) is 7.83. The van der Waals surface area contributed by atoms with Crippen LogP contribution in [0.3, 0.4) is 0 Å². The highest BCUT2D eigenvalue weighted by atomic mass is 16.3. The number of rotatable bonds is 3. The molecule has 0 aliphatic rings. The predicted molar refractivity (Wildman–Crippen MR) is 49.1 cm³/mol. The summed E-state index contributed by atoms with van der Waals surface area (Å²) in [5.74, 6) is 1.41. The number of furan rings is 1. The molecule has 0 aliphatic heterocycles. The molecule has 1 aromatic rings. The second-order valence-corrected chi connectivity index (χ2v) is 2.94. The minimum Gasteiger partial charge on any atom is -0.464 e. The number of carbonyl (C=O) groups is 1. The van der Waals surface area contributed by atoms with Gasteiger partial charge in [0.2, 0.25) is 5.91 Å². The minimum absolute atomic E-state index is 0.00400. The van der Waals surface area contributed by atoms with Crippen molar-refractivity contribution in [2.75, 3.05) is 6.54 Å². The molecule has 1 aromatic heterocycles. The Labute approximate surface area is 77.1 Å². The number of aryl methyl sites for hydroxylation is 1. The molecule has 0 fully saturated rings. The molecule has 1 heterocycles. The van der Waals surface area contributed by atoms with Gasteiger partial charge in [-0.2, -0.15) is 0 Å². The lowest BCUT2D eigenvalue weighted by molar-refractivity contribution is -0.120. The first-order valence-corrected chi connectivity index (χ1v) is 4.19. The van der Waals surface area contributed by atoms with Gasteiger partial charge in [0.05, 0.1) is 12.6 Å². The number of hydrogen-bond donors (Lipinski definition) is 2. The fourth-order valence-electron chi connectivity index (χ4n) is 1.06. The van der Waals surface area contributed by atoms with Crippen LogP contribution in [0.4, 0.5) is 0 Å². The van der Waals surface area contributed by atoms with E-state index in [0.717, 1.165) is 11.5 Å². The number of carbonyl (C=O) groups excluding carboxylic acids is 1. The van der Waals surface area contributed by atoms with E-state index < -0.39 is 0 Å². The summed E-state index contributed by atoms with van der Waals surface area (Å²) < 4.78 is 5.34. The van der Waals surface area contributed by atoms with Gasteiger partial charge in [0, 0.05) is 0 Å². The third kappa shape index (κ3) is 2.59. The van der Waals surface area contributed by atoms with Gasteiger partial charge in [-0.05, 0) is 26.0 Å². The molecule has 13 heavy (non-hydrogen) atoms. The van der Waals surface area contributed by atoms with Crippen molar-refractivity contribution in [3.63, 3.8) is 0 Å². The lowest BCUT2D eigenvalue weighted by Gasteiger charge is -2.09. The van der Waals surface area contributed by atoms with Crippen molar-refractivity contribution in [1.29, 1.82) is 0 Å². The Kier molecular flexibility index (Phi) is 3.08. The summed E-state index contributed by atoms with van der Waals surface area (Å²) in [5, 5.41) is 2.70. The standard InChI is InChI=1S/C9H14N2O2/c1-6-3-4-8(13-6)7(2)11-9(12)5-10/h3-4,7H,5,10H2,1-2H3,(H,11,12). The SMILES string of the molecule is Cc1ccc(C(C)NC(=O)CN)o1. The molecule has 1 unspecified atom stereocenters. The molecule has 4 nitrogen and oxygen atoms in total. The van der Waals surface area contributed by atoms with Gasteiger partial charge in [-0.15, -0.1) is 0 Å². The molecule has 0 aromatic carbocycles. The first kappa shape index (κ1) is 9.80. The topological polar surface area (TPSA) is 68.3 Å². The van der Waals surface area contributed by atoms with Gasteiger partial charge in [0.15, 0.2) is 0 Å². The van der Waals surface area contributed by atoms with Crippen LogP contribution in [0.25, 0.3) is 0 Å². The molecule has 0 aliphatic carbocycles. The van der Waals surface area contributed by atoms with Crippen molar-refractivity contribution < 1.29 is 9.21 Å². The lowest BCUT2D eigenvalue weighted by atomic mass is 10.2. The van der Waals surface area contributed by atoms with Crippen LogP contribution >= 0.6 is 0 Å². The van der Waals surface area contributed by atoms with Crippen LogP contribution in [0.15, 0.2) is 16.5 Å². The van der Waals surface area contributed by atoms with Crippen molar-refractivity contribution in [3.8, 4) is 0 Å². The summed E-state index contributed by atoms with van der Waals surface area (Å²) in [7, 11) is 0. The normalized spacial score (nSPS) is 12.5. The van der Waals surface area contributed by atoms with E-state index in [1.54, 1.807) is 0 Å². The molecular formula is C9H14N2O2. The Morgan fingerprint density at radius 3 is 2.85 bits per heavy atom. The van der Waals surface area contributed by atoms with Crippen LogP contribution < -0.4 is 11.1 Å². The zero-order valence-electron chi connectivity index (χ0n) is 7.83. The average Bonchev–Trinajstić information content (AvgIpc) is 2.51. The molecule has 4 heteroatoms. The number of hydrogen-bond acceptors (Lipinski definition) is 3. The second kappa shape index (κ2) is 4.09. The highest BCUT2D eigenvalue weighted by Gasteiger charge is 2.10. The van der Waals surface area contributed by atoms with Crippen molar-refractivity contribution in [3.05, 3.63) is 23.7 Å². The van der Waals surface area contributed by atoms with Crippen LogP contribution in [0.5, 0.6) is 0 Å². The zero-order chi connectivity index (χ0) is 9.84. The summed E-state index contributed by atoms with van der Waals surface area (Å²) in [6.07, 6.45) is 0. The molecule has 1 atom stereocenters. The fourth-order valence-corrected chi connectivity index (χ4v) is 1.06. The fraction of sp³-hybridized carbons (Fsp3) is 0.444. The predicted octanol–water partition coefficient (Wildman–Crippen LogP) is 0.724. The van der Waals surface area contributed by atoms with Crippen LogP contribution in [0.1, 0.15) is 24.5 Å². The van der Waals surface area contributed by atoms with E-state index in [2.05, 4.69) is 5.32 Å². The molecule has 0 radical (unpaired) electrons. The molecular weight excluding hydrogens is 168 g/mol. The van der Waals surface area contributed by atoms with Gasteiger partial charge >= 0.3 is 0 Å². The molecule has 0 saturated carbocycles. The van der Waals surface area contributed by atoms with E-state index in [9.17, 15) is 4.79 Å². The van der Waals surface area contributed by atoms with Gasteiger partial charge in [-0.1, -0.05) is 0 Å². The Morgan fingerprint density at radius 2 is 2.38 bits per heavy atom. The molecule has 72 valence electrons. The second-order valence-electron chi connectivity index (χ2n) is 2.94. The first-order chi connectivity index (χ1) is 6.13. The molecule has 3 N–H and O–H groups in total. The average molecular weight is 182 g/mol. The van der Waals surface area contributed by atoms with Gasteiger partial charge in [-0.25, -0.2) is 0 Å². The maximum absolute atomic E-state index is 10.9. The third-order valence-electron chi connectivity index (χ3n) is 1.75. The Bertz CT molecular complexity index is 294. The molecule has 1 amide bonds. The summed E-state index contributed by atoms with van der Waals surface area (Å²) >= 11 is 0. The number of nitrogens with one attached hydrogen (secondary N) is 1. The van der Waals surface area contributed by atoms with Gasteiger partial charge in [-0.3, -0.25) is 4.79 Å². The van der Waals surface area contributed by atoms with Crippen molar-refractivity contribution in [1.82, 2.24) is 5.32 Å². The maximum atomic E-state index is 10.9. The lowest BCUT2D eigenvalue weighted by Crippen LogP contribution is -2.32. The van der Waals surface area contributed by atoms with E-state index in [1.807, 2.05) is 26.0 Å². The number of nitrogens with two attached hydrogens (primary N) is 1. The van der Waals surface area contributed by atoms with Crippen LogP contribution in [-0.2, 0) is 4.79 Å². The van der Waals surface area contributed by atoms with Crippen molar-refractivity contribution in [2.45, 2.75) is 19.9 Å². The largest absolute Gasteiger partial charge is 0.464 e. The van der Waals surface area contributed by atoms with Gasteiger partial charge in [0.25, 0.3) is 0 Å². The smallest absolute Gasteiger partial charge is 0.234 e. The molecule has 0 spiro atoms. The summed E-state index contributed by atoms with van der Waals surface area (Å²) in [6, 6.07) is 3.58. The highest BCUT2D eigenvalue weighted by Crippen LogP contribution is 2.14. The quantitative estimate of drug-likeness (QED) is 0.723. The van der Waals surface area contributed by atoms with E-state index in [-0.39, 0.29) is 18.5 Å². The van der Waals surface area contributed by atoms with E-state index in [1.165, 1.54) is 0 Å². The summed E-state index contributed by atoms with van der Waals surface area (Å²) in [6.45, 7) is 3.72. The summed E-state index contributed by atoms with van der Waals surface area (Å²) in [5.41, 5.74) is 5.16. The maximum Gasteiger partial charge on any atom is 0.234 e. The highest BCUT2D eigenvalue weighted by molar-refractivity contribution is 5.78. The van der Waals surface area contributed by atoms with E-state index in [0.29, 0.717) is 0 Å². The molecule has 1 rings (SSSR count). The van der Waals surface area contributed by atoms with Gasteiger partial charge < -0.3 is 15.5 Å². The van der Waals surface area contributed by atoms with E-state index >= 15 is 0 Å². The van der Waals surface area contributed by atoms with Crippen molar-refractivity contribution in [2.24, 2.45) is 5.73 Å². The van der Waals surface area contributed by atoms with Crippen LogP contribution in [0, 0.1) is 6.92 Å². The Hall–Kier alpha value is -1.29. The summed E-state index contributed by atoms with van der Waals surface area (Å²) in [4.78, 5) is 10.9. The van der Waals surface area contributed by atoms with Gasteiger partial charge in [0.1, 0.15) is 11.5 Å². The first-order valence-electron chi connectivity index (χ1n) is 4.19. The van der Waals surface area contributed by atoms with E-state index in [4.69, 9.17) is 10.2 Å². The van der Waals surface area contributed by atoms with Crippen molar-refractivity contribution >= 4 is 5.91 Å². The molecule has 0 saturated heterocycles. The Balaban J connectivity index is 2.58. The Morgan fingerprint density at radius 1 is 1.69 bits per heavy atom. The number of amides is 1.